The van der Waals surface area contributed by atoms with Gasteiger partial charge in [-0.1, -0.05) is 30.3 Å². The highest BCUT2D eigenvalue weighted by atomic mass is 16.5. The molecule has 1 saturated heterocycles. The van der Waals surface area contributed by atoms with E-state index in [0.29, 0.717) is 23.1 Å². The molecule has 1 aliphatic heterocycles. The summed E-state index contributed by atoms with van der Waals surface area (Å²) < 4.78 is 5.88. The lowest BCUT2D eigenvalue weighted by Crippen LogP contribution is -2.62. The predicted octanol–water partition coefficient (Wildman–Crippen LogP) is 2.33. The molecule has 0 spiro atoms. The Balaban J connectivity index is 1.47. The molecule has 1 aromatic heterocycles. The number of rotatable bonds is 4. The number of fused-ring (bicyclic) bond motifs is 1. The smallest absolute Gasteiger partial charge is 0.253 e. The van der Waals surface area contributed by atoms with Gasteiger partial charge in [-0.2, -0.15) is 5.26 Å². The normalized spacial score (nSPS) is 27.0. The standard InChI is InChI=1S/C20H19N3O2/c21-11-15-7-6-14(12-22-15)20(24)23-18-16-8-9-25-19(16)17(18)10-13-4-2-1-3-5-13/h1-7,12,16-19H,8-10H2,(H,23,24)/t16-,17+,18-,19-/m0/s1. The Labute approximate surface area is 146 Å². The second kappa shape index (κ2) is 6.66. The minimum absolute atomic E-state index is 0.121. The highest BCUT2D eigenvalue weighted by molar-refractivity contribution is 5.94. The van der Waals surface area contributed by atoms with Crippen molar-refractivity contribution in [2.24, 2.45) is 11.8 Å². The maximum Gasteiger partial charge on any atom is 0.253 e. The summed E-state index contributed by atoms with van der Waals surface area (Å²) in [6, 6.07) is 15.6. The fourth-order valence-electron chi connectivity index (χ4n) is 4.00. The monoisotopic (exact) mass is 333 g/mol. The number of hydrogen-bond donors (Lipinski definition) is 1. The van der Waals surface area contributed by atoms with Gasteiger partial charge in [0.05, 0.1) is 11.7 Å². The molecule has 5 heteroatoms. The van der Waals surface area contributed by atoms with Crippen molar-refractivity contribution in [1.82, 2.24) is 10.3 Å². The molecule has 1 N–H and O–H groups in total. The van der Waals surface area contributed by atoms with Gasteiger partial charge in [-0.05, 0) is 30.5 Å². The van der Waals surface area contributed by atoms with Crippen LogP contribution in [-0.2, 0) is 11.2 Å². The van der Waals surface area contributed by atoms with Crippen LogP contribution in [-0.4, -0.2) is 29.6 Å². The van der Waals surface area contributed by atoms with E-state index in [0.717, 1.165) is 19.4 Å². The molecule has 4 rings (SSSR count). The average Bonchev–Trinajstić information content (AvgIpc) is 3.09. The van der Waals surface area contributed by atoms with Crippen molar-refractivity contribution in [3.05, 3.63) is 65.5 Å². The van der Waals surface area contributed by atoms with Crippen molar-refractivity contribution >= 4 is 5.91 Å². The number of benzene rings is 1. The van der Waals surface area contributed by atoms with E-state index < -0.39 is 0 Å². The molecule has 0 radical (unpaired) electrons. The number of nitrogens with one attached hydrogen (secondary N) is 1. The lowest BCUT2D eigenvalue weighted by Gasteiger charge is -2.48. The number of carbonyl (C=O) groups is 1. The minimum atomic E-state index is -0.134. The summed E-state index contributed by atoms with van der Waals surface area (Å²) in [5, 5.41) is 12.0. The lowest BCUT2D eigenvalue weighted by molar-refractivity contribution is -0.0528. The quantitative estimate of drug-likeness (QED) is 0.932. The number of aromatic nitrogens is 1. The van der Waals surface area contributed by atoms with Crippen molar-refractivity contribution in [2.75, 3.05) is 6.61 Å². The zero-order valence-electron chi connectivity index (χ0n) is 13.8. The van der Waals surface area contributed by atoms with Crippen LogP contribution in [0.2, 0.25) is 0 Å². The molecule has 126 valence electrons. The molecule has 1 aliphatic carbocycles. The first-order valence-corrected chi connectivity index (χ1v) is 8.59. The fraction of sp³-hybridized carbons (Fsp3) is 0.350. The highest BCUT2D eigenvalue weighted by Gasteiger charge is 2.54. The first-order valence-electron chi connectivity index (χ1n) is 8.59. The Morgan fingerprint density at radius 3 is 2.84 bits per heavy atom. The Bertz CT molecular complexity index is 798. The number of hydrogen-bond acceptors (Lipinski definition) is 4. The van der Waals surface area contributed by atoms with Crippen LogP contribution in [0.1, 0.15) is 28.0 Å². The number of nitrogens with zero attached hydrogens (tertiary/aromatic N) is 2. The third-order valence-electron chi connectivity index (χ3n) is 5.28. The van der Waals surface area contributed by atoms with E-state index in [4.69, 9.17) is 10.00 Å². The zero-order chi connectivity index (χ0) is 17.2. The predicted molar refractivity (Wildman–Crippen MR) is 91.7 cm³/mol. The average molecular weight is 333 g/mol. The molecular weight excluding hydrogens is 314 g/mol. The SMILES string of the molecule is N#Cc1ccc(C(=O)N[C@@H]2[C@@H](Cc3ccccc3)[C@H]3OCC[C@@H]23)cn1. The molecule has 1 saturated carbocycles. The second-order valence-corrected chi connectivity index (χ2v) is 6.68. The summed E-state index contributed by atoms with van der Waals surface area (Å²) in [5.74, 6) is 0.555. The Morgan fingerprint density at radius 2 is 2.12 bits per heavy atom. The van der Waals surface area contributed by atoms with Crippen LogP contribution in [0.5, 0.6) is 0 Å². The summed E-state index contributed by atoms with van der Waals surface area (Å²) >= 11 is 0. The topological polar surface area (TPSA) is 75.0 Å². The molecule has 4 atom stereocenters. The fourth-order valence-corrected chi connectivity index (χ4v) is 4.00. The maximum atomic E-state index is 12.6. The molecule has 5 nitrogen and oxygen atoms in total. The van der Waals surface area contributed by atoms with Crippen LogP contribution in [0.15, 0.2) is 48.7 Å². The molecule has 0 unspecified atom stereocenters. The van der Waals surface area contributed by atoms with Crippen LogP contribution < -0.4 is 5.32 Å². The zero-order valence-corrected chi connectivity index (χ0v) is 13.8. The van der Waals surface area contributed by atoms with Crippen LogP contribution in [0.3, 0.4) is 0 Å². The van der Waals surface area contributed by atoms with Gasteiger partial charge >= 0.3 is 0 Å². The van der Waals surface area contributed by atoms with Crippen LogP contribution in [0.4, 0.5) is 0 Å². The van der Waals surface area contributed by atoms with Crippen LogP contribution in [0.25, 0.3) is 0 Å². The second-order valence-electron chi connectivity index (χ2n) is 6.68. The number of nitriles is 1. The van der Waals surface area contributed by atoms with Gasteiger partial charge < -0.3 is 10.1 Å². The van der Waals surface area contributed by atoms with Crippen molar-refractivity contribution in [1.29, 1.82) is 5.26 Å². The first kappa shape index (κ1) is 15.8. The summed E-state index contributed by atoms with van der Waals surface area (Å²) in [6.07, 6.45) is 3.59. The molecule has 2 heterocycles. The number of carbonyl (C=O) groups excluding carboxylic acids is 1. The summed E-state index contributed by atoms with van der Waals surface area (Å²) in [7, 11) is 0. The molecule has 1 aromatic carbocycles. The number of ether oxygens (including phenoxy) is 1. The Kier molecular flexibility index (Phi) is 4.21. The summed E-state index contributed by atoms with van der Waals surface area (Å²) in [4.78, 5) is 16.5. The van der Waals surface area contributed by atoms with Crippen LogP contribution >= 0.6 is 0 Å². The van der Waals surface area contributed by atoms with E-state index in [1.54, 1.807) is 12.1 Å². The van der Waals surface area contributed by atoms with Gasteiger partial charge in [0.1, 0.15) is 11.8 Å². The Hall–Kier alpha value is -2.71. The van der Waals surface area contributed by atoms with E-state index >= 15 is 0 Å². The first-order chi connectivity index (χ1) is 12.3. The Morgan fingerprint density at radius 1 is 1.28 bits per heavy atom. The third kappa shape index (κ3) is 3.01. The van der Waals surface area contributed by atoms with Gasteiger partial charge in [0.25, 0.3) is 5.91 Å². The molecule has 25 heavy (non-hydrogen) atoms. The third-order valence-corrected chi connectivity index (χ3v) is 5.28. The van der Waals surface area contributed by atoms with Crippen LogP contribution in [0, 0.1) is 23.2 Å². The molecular formula is C20H19N3O2. The largest absolute Gasteiger partial charge is 0.377 e. The lowest BCUT2D eigenvalue weighted by atomic mass is 9.64. The molecule has 0 bridgehead atoms. The number of pyridine rings is 1. The summed E-state index contributed by atoms with van der Waals surface area (Å²) in [6.45, 7) is 0.769. The maximum absolute atomic E-state index is 12.6. The molecule has 2 aromatic rings. The van der Waals surface area contributed by atoms with Crippen molar-refractivity contribution < 1.29 is 9.53 Å². The van der Waals surface area contributed by atoms with Gasteiger partial charge in [-0.3, -0.25) is 4.79 Å². The van der Waals surface area contributed by atoms with Gasteiger partial charge in [-0.25, -0.2) is 4.98 Å². The summed E-state index contributed by atoms with van der Waals surface area (Å²) in [5.41, 5.74) is 2.06. The molecule has 2 aliphatic rings. The van der Waals surface area contributed by atoms with E-state index in [9.17, 15) is 4.79 Å². The van der Waals surface area contributed by atoms with Crippen molar-refractivity contribution in [2.45, 2.75) is 25.0 Å². The van der Waals surface area contributed by atoms with Gasteiger partial charge in [-0.15, -0.1) is 0 Å². The number of amides is 1. The van der Waals surface area contributed by atoms with Gasteiger partial charge in [0.2, 0.25) is 0 Å². The van der Waals surface area contributed by atoms with E-state index in [1.165, 1.54) is 11.8 Å². The van der Waals surface area contributed by atoms with Crippen molar-refractivity contribution in [3.63, 3.8) is 0 Å². The van der Waals surface area contributed by atoms with Gasteiger partial charge in [0, 0.05) is 30.7 Å². The van der Waals surface area contributed by atoms with E-state index in [-0.39, 0.29) is 18.1 Å². The molecule has 2 fully saturated rings. The molecule has 1 amide bonds. The van der Waals surface area contributed by atoms with E-state index in [2.05, 4.69) is 22.4 Å². The highest BCUT2D eigenvalue weighted by Crippen LogP contribution is 2.45. The minimum Gasteiger partial charge on any atom is -0.377 e. The van der Waals surface area contributed by atoms with Crippen molar-refractivity contribution in [3.8, 4) is 6.07 Å². The van der Waals surface area contributed by atoms with Gasteiger partial charge in [0.15, 0.2) is 0 Å². The van der Waals surface area contributed by atoms with E-state index in [1.807, 2.05) is 24.3 Å².